The molecule has 1 saturated heterocycles. The van der Waals surface area contributed by atoms with E-state index in [2.05, 4.69) is 17.2 Å². The van der Waals surface area contributed by atoms with Gasteiger partial charge in [0, 0.05) is 19.2 Å². The van der Waals surface area contributed by atoms with Gasteiger partial charge in [0.05, 0.1) is 24.4 Å². The number of aromatic nitrogens is 3. The fourth-order valence-electron chi connectivity index (χ4n) is 1.89. The molecular formula is C10H17N3O2. The summed E-state index contributed by atoms with van der Waals surface area (Å²) in [5.74, 6) is 0. The number of rotatable bonds is 4. The zero-order chi connectivity index (χ0) is 10.7. The summed E-state index contributed by atoms with van der Waals surface area (Å²) in [5.41, 5.74) is 0.837. The molecule has 0 radical (unpaired) electrons. The number of hydrogen-bond donors (Lipinski definition) is 1. The molecule has 5 heteroatoms. The van der Waals surface area contributed by atoms with Crippen molar-refractivity contribution in [3.05, 3.63) is 11.9 Å². The summed E-state index contributed by atoms with van der Waals surface area (Å²) in [4.78, 5) is 0. The van der Waals surface area contributed by atoms with Crippen molar-refractivity contribution in [1.82, 2.24) is 15.0 Å². The Morgan fingerprint density at radius 1 is 1.60 bits per heavy atom. The summed E-state index contributed by atoms with van der Waals surface area (Å²) >= 11 is 0. The third-order valence-corrected chi connectivity index (χ3v) is 2.66. The molecule has 1 aromatic rings. The quantitative estimate of drug-likeness (QED) is 0.782. The Bertz CT molecular complexity index is 313. The van der Waals surface area contributed by atoms with E-state index in [-0.39, 0.29) is 12.7 Å². The van der Waals surface area contributed by atoms with E-state index in [4.69, 9.17) is 9.84 Å². The first-order valence-corrected chi connectivity index (χ1v) is 5.43. The van der Waals surface area contributed by atoms with Crippen molar-refractivity contribution in [2.75, 3.05) is 6.61 Å². The van der Waals surface area contributed by atoms with Crippen LogP contribution in [0.5, 0.6) is 0 Å². The van der Waals surface area contributed by atoms with Gasteiger partial charge in [-0.05, 0) is 19.8 Å². The fraction of sp³-hybridized carbons (Fsp3) is 0.800. The number of aliphatic hydroxyl groups excluding tert-OH is 1. The van der Waals surface area contributed by atoms with Gasteiger partial charge >= 0.3 is 0 Å². The van der Waals surface area contributed by atoms with Crippen LogP contribution in [0.2, 0.25) is 0 Å². The molecule has 1 aromatic heterocycles. The van der Waals surface area contributed by atoms with Crippen LogP contribution in [0.1, 0.15) is 25.5 Å². The molecule has 0 saturated carbocycles. The fourth-order valence-corrected chi connectivity index (χ4v) is 1.89. The van der Waals surface area contributed by atoms with Crippen LogP contribution in [-0.2, 0) is 17.7 Å². The first-order chi connectivity index (χ1) is 7.28. The van der Waals surface area contributed by atoms with E-state index in [1.165, 1.54) is 0 Å². The van der Waals surface area contributed by atoms with Crippen LogP contribution < -0.4 is 0 Å². The average Bonchev–Trinajstić information content (AvgIpc) is 2.78. The Morgan fingerprint density at radius 3 is 3.13 bits per heavy atom. The highest BCUT2D eigenvalue weighted by atomic mass is 16.5. The highest BCUT2D eigenvalue weighted by molar-refractivity contribution is 4.92. The van der Waals surface area contributed by atoms with E-state index in [0.717, 1.165) is 25.1 Å². The number of hydrogen-bond acceptors (Lipinski definition) is 4. The van der Waals surface area contributed by atoms with Crippen LogP contribution >= 0.6 is 0 Å². The average molecular weight is 211 g/mol. The Morgan fingerprint density at radius 2 is 2.47 bits per heavy atom. The molecule has 2 atom stereocenters. The molecule has 2 rings (SSSR count). The van der Waals surface area contributed by atoms with E-state index < -0.39 is 0 Å². The van der Waals surface area contributed by atoms with Crippen molar-refractivity contribution in [2.24, 2.45) is 0 Å². The molecule has 0 bridgehead atoms. The standard InChI is InChI=1S/C10H17N3O2/c1-8-2-3-10(15-8)7-13-6-9(4-5-14)11-12-13/h6,8,10,14H,2-5,7H2,1H3. The van der Waals surface area contributed by atoms with Gasteiger partial charge in [-0.1, -0.05) is 5.21 Å². The normalized spacial score (nSPS) is 26.0. The topological polar surface area (TPSA) is 60.2 Å². The SMILES string of the molecule is CC1CCC(Cn2cc(CCO)nn2)O1. The van der Waals surface area contributed by atoms with Crippen LogP contribution in [0.25, 0.3) is 0 Å². The van der Waals surface area contributed by atoms with E-state index in [1.54, 1.807) is 4.68 Å². The molecule has 5 nitrogen and oxygen atoms in total. The largest absolute Gasteiger partial charge is 0.396 e. The van der Waals surface area contributed by atoms with Gasteiger partial charge in [0.25, 0.3) is 0 Å². The number of nitrogens with zero attached hydrogens (tertiary/aromatic N) is 3. The van der Waals surface area contributed by atoms with E-state index >= 15 is 0 Å². The zero-order valence-corrected chi connectivity index (χ0v) is 8.96. The van der Waals surface area contributed by atoms with Crippen molar-refractivity contribution in [3.63, 3.8) is 0 Å². The van der Waals surface area contributed by atoms with E-state index in [9.17, 15) is 0 Å². The lowest BCUT2D eigenvalue weighted by Crippen LogP contribution is -2.16. The minimum absolute atomic E-state index is 0.121. The maximum Gasteiger partial charge on any atom is 0.0849 e. The molecule has 0 aromatic carbocycles. The smallest absolute Gasteiger partial charge is 0.0849 e. The summed E-state index contributed by atoms with van der Waals surface area (Å²) in [6.07, 6.45) is 5.31. The van der Waals surface area contributed by atoms with Gasteiger partial charge in [-0.3, -0.25) is 0 Å². The first-order valence-electron chi connectivity index (χ1n) is 5.43. The maximum absolute atomic E-state index is 8.75. The Balaban J connectivity index is 1.87. The van der Waals surface area contributed by atoms with Crippen LogP contribution in [0.4, 0.5) is 0 Å². The van der Waals surface area contributed by atoms with Crippen molar-refractivity contribution in [1.29, 1.82) is 0 Å². The lowest BCUT2D eigenvalue weighted by atomic mass is 10.2. The number of aliphatic hydroxyl groups is 1. The van der Waals surface area contributed by atoms with Gasteiger partial charge in [-0.15, -0.1) is 5.10 Å². The van der Waals surface area contributed by atoms with Crippen molar-refractivity contribution < 1.29 is 9.84 Å². The third-order valence-electron chi connectivity index (χ3n) is 2.66. The molecule has 1 fully saturated rings. The molecule has 2 unspecified atom stereocenters. The Labute approximate surface area is 89.0 Å². The van der Waals surface area contributed by atoms with Gasteiger partial charge in [-0.25, -0.2) is 4.68 Å². The molecular weight excluding hydrogens is 194 g/mol. The van der Waals surface area contributed by atoms with E-state index in [1.807, 2.05) is 6.20 Å². The van der Waals surface area contributed by atoms with Crippen molar-refractivity contribution in [3.8, 4) is 0 Å². The van der Waals surface area contributed by atoms with Crippen molar-refractivity contribution >= 4 is 0 Å². The van der Waals surface area contributed by atoms with Gasteiger partial charge < -0.3 is 9.84 Å². The second-order valence-corrected chi connectivity index (χ2v) is 4.05. The predicted octanol–water partition coefficient (Wildman–Crippen LogP) is 0.380. The molecule has 1 N–H and O–H groups in total. The highest BCUT2D eigenvalue weighted by Gasteiger charge is 2.22. The van der Waals surface area contributed by atoms with E-state index in [0.29, 0.717) is 12.5 Å². The van der Waals surface area contributed by atoms with Crippen LogP contribution in [0.15, 0.2) is 6.20 Å². The van der Waals surface area contributed by atoms with Crippen molar-refractivity contribution in [2.45, 2.75) is 44.9 Å². The molecule has 2 heterocycles. The first kappa shape index (κ1) is 10.6. The molecule has 0 amide bonds. The maximum atomic E-state index is 8.75. The van der Waals surface area contributed by atoms with Crippen LogP contribution in [0, 0.1) is 0 Å². The summed E-state index contributed by atoms with van der Waals surface area (Å²) < 4.78 is 7.50. The molecule has 15 heavy (non-hydrogen) atoms. The van der Waals surface area contributed by atoms with Gasteiger partial charge in [0.2, 0.25) is 0 Å². The second-order valence-electron chi connectivity index (χ2n) is 4.05. The van der Waals surface area contributed by atoms with Gasteiger partial charge in [0.15, 0.2) is 0 Å². The summed E-state index contributed by atoms with van der Waals surface area (Å²) in [7, 11) is 0. The minimum Gasteiger partial charge on any atom is -0.396 e. The molecule has 1 aliphatic heterocycles. The number of ether oxygens (including phenoxy) is 1. The second kappa shape index (κ2) is 4.72. The van der Waals surface area contributed by atoms with Gasteiger partial charge in [0.1, 0.15) is 0 Å². The van der Waals surface area contributed by atoms with Gasteiger partial charge in [-0.2, -0.15) is 0 Å². The zero-order valence-electron chi connectivity index (χ0n) is 8.96. The van der Waals surface area contributed by atoms with Crippen LogP contribution in [-0.4, -0.2) is 38.9 Å². The Hall–Kier alpha value is -0.940. The molecule has 0 aliphatic carbocycles. The Kier molecular flexibility index (Phi) is 3.33. The molecule has 1 aliphatic rings. The summed E-state index contributed by atoms with van der Waals surface area (Å²) in [6.45, 7) is 2.98. The lowest BCUT2D eigenvalue weighted by Gasteiger charge is -2.09. The third kappa shape index (κ3) is 2.76. The summed E-state index contributed by atoms with van der Waals surface area (Å²) in [6, 6.07) is 0. The highest BCUT2D eigenvalue weighted by Crippen LogP contribution is 2.20. The monoisotopic (exact) mass is 211 g/mol. The van der Waals surface area contributed by atoms with Crippen LogP contribution in [0.3, 0.4) is 0 Å². The lowest BCUT2D eigenvalue weighted by molar-refractivity contribution is 0.0434. The molecule has 0 spiro atoms. The predicted molar refractivity (Wildman–Crippen MR) is 54.4 cm³/mol. The summed E-state index contributed by atoms with van der Waals surface area (Å²) in [5, 5.41) is 16.7. The minimum atomic E-state index is 0.121. The molecule has 84 valence electrons.